The lowest BCUT2D eigenvalue weighted by molar-refractivity contribution is -0.136. The number of anilines is 1. The number of benzene rings is 1. The average molecular weight is 244 g/mol. The molecular weight excluding hydrogens is 234 g/mol. The molecule has 1 aromatic rings. The molecule has 0 radical (unpaired) electrons. The van der Waals surface area contributed by atoms with Gasteiger partial charge in [-0.2, -0.15) is 0 Å². The van der Waals surface area contributed by atoms with Gasteiger partial charge in [0.2, 0.25) is 0 Å². The third-order valence-corrected chi connectivity index (χ3v) is 1.83. The maximum atomic E-state index is 13.1. The van der Waals surface area contributed by atoms with E-state index < -0.39 is 29.3 Å². The van der Waals surface area contributed by atoms with E-state index in [0.29, 0.717) is 0 Å². The van der Waals surface area contributed by atoms with Gasteiger partial charge >= 0.3 is 12.0 Å². The average Bonchev–Trinajstić information content (AvgIpc) is 2.23. The van der Waals surface area contributed by atoms with Crippen molar-refractivity contribution >= 4 is 17.7 Å². The van der Waals surface area contributed by atoms with Gasteiger partial charge in [-0.15, -0.1) is 0 Å². The first kappa shape index (κ1) is 12.9. The number of carbonyl (C=O) groups is 2. The van der Waals surface area contributed by atoms with Crippen molar-refractivity contribution < 1.29 is 23.5 Å². The number of carboxylic acids is 1. The minimum absolute atomic E-state index is 0.128. The standard InChI is InChI=1S/C10H10F2N2O3/c11-6-2-1-3-7(12)9(6)14-10(17)13-5-4-8(15)16/h1-3H,4-5H2,(H,15,16)(H2,13,14,17). The summed E-state index contributed by atoms with van der Waals surface area (Å²) in [6.45, 7) is -0.128. The second-order valence-electron chi connectivity index (χ2n) is 3.12. The van der Waals surface area contributed by atoms with Gasteiger partial charge in [-0.25, -0.2) is 13.6 Å². The Morgan fingerprint density at radius 3 is 2.35 bits per heavy atom. The van der Waals surface area contributed by atoms with Crippen LogP contribution in [0.2, 0.25) is 0 Å². The molecule has 0 bridgehead atoms. The number of aliphatic carboxylic acids is 1. The zero-order valence-electron chi connectivity index (χ0n) is 8.67. The molecule has 0 aliphatic rings. The highest BCUT2D eigenvalue weighted by Gasteiger charge is 2.11. The summed E-state index contributed by atoms with van der Waals surface area (Å²) in [4.78, 5) is 21.3. The number of hydrogen-bond donors (Lipinski definition) is 3. The Kier molecular flexibility index (Phi) is 4.38. The topological polar surface area (TPSA) is 78.4 Å². The molecule has 0 fully saturated rings. The predicted molar refractivity (Wildman–Crippen MR) is 55.6 cm³/mol. The van der Waals surface area contributed by atoms with Crippen molar-refractivity contribution in [3.05, 3.63) is 29.8 Å². The molecule has 7 heteroatoms. The van der Waals surface area contributed by atoms with Crippen LogP contribution in [0.25, 0.3) is 0 Å². The van der Waals surface area contributed by atoms with Crippen molar-refractivity contribution in [1.82, 2.24) is 5.32 Å². The normalized spacial score (nSPS) is 9.76. The molecule has 1 rings (SSSR count). The van der Waals surface area contributed by atoms with E-state index in [1.807, 2.05) is 5.32 Å². The number of nitrogens with one attached hydrogen (secondary N) is 2. The summed E-state index contributed by atoms with van der Waals surface area (Å²) in [5, 5.41) is 12.4. The molecule has 92 valence electrons. The molecule has 0 saturated heterocycles. The van der Waals surface area contributed by atoms with E-state index in [0.717, 1.165) is 18.2 Å². The molecule has 3 N–H and O–H groups in total. The van der Waals surface area contributed by atoms with Crippen LogP contribution in [0.5, 0.6) is 0 Å². The predicted octanol–water partition coefficient (Wildman–Crippen LogP) is 1.56. The van der Waals surface area contributed by atoms with E-state index >= 15 is 0 Å². The van der Waals surface area contributed by atoms with E-state index in [2.05, 4.69) is 5.32 Å². The van der Waals surface area contributed by atoms with Crippen LogP contribution in [0.15, 0.2) is 18.2 Å². The van der Waals surface area contributed by atoms with Crippen molar-refractivity contribution in [2.75, 3.05) is 11.9 Å². The van der Waals surface area contributed by atoms with Crippen molar-refractivity contribution in [3.63, 3.8) is 0 Å². The number of amides is 2. The van der Waals surface area contributed by atoms with Crippen LogP contribution < -0.4 is 10.6 Å². The summed E-state index contributed by atoms with van der Waals surface area (Å²) in [6, 6.07) is 2.29. The van der Waals surface area contributed by atoms with E-state index in [1.165, 1.54) is 0 Å². The quantitative estimate of drug-likeness (QED) is 0.752. The molecular formula is C10H10F2N2O3. The molecule has 0 aliphatic heterocycles. The first-order valence-corrected chi connectivity index (χ1v) is 4.71. The van der Waals surface area contributed by atoms with Gasteiger partial charge in [0.25, 0.3) is 0 Å². The van der Waals surface area contributed by atoms with Gasteiger partial charge in [-0.3, -0.25) is 4.79 Å². The molecule has 5 nitrogen and oxygen atoms in total. The van der Waals surface area contributed by atoms with E-state index in [-0.39, 0.29) is 13.0 Å². The molecule has 0 unspecified atom stereocenters. The van der Waals surface area contributed by atoms with Gasteiger partial charge in [-0.1, -0.05) is 6.07 Å². The summed E-state index contributed by atoms with van der Waals surface area (Å²) in [5.74, 6) is -2.89. The monoisotopic (exact) mass is 244 g/mol. The fourth-order valence-electron chi connectivity index (χ4n) is 1.06. The third kappa shape index (κ3) is 4.06. The fraction of sp³-hybridized carbons (Fsp3) is 0.200. The van der Waals surface area contributed by atoms with Crippen LogP contribution in [0.4, 0.5) is 19.3 Å². The summed E-state index contributed by atoms with van der Waals surface area (Å²) >= 11 is 0. The summed E-state index contributed by atoms with van der Waals surface area (Å²) in [5.41, 5.74) is -0.569. The number of halogens is 2. The van der Waals surface area contributed by atoms with Crippen LogP contribution in [0, 0.1) is 11.6 Å². The van der Waals surface area contributed by atoms with Crippen molar-refractivity contribution in [2.45, 2.75) is 6.42 Å². The molecule has 0 atom stereocenters. The van der Waals surface area contributed by atoms with Gasteiger partial charge in [0.05, 0.1) is 6.42 Å². The fourth-order valence-corrected chi connectivity index (χ4v) is 1.06. The number of para-hydroxylation sites is 1. The number of carbonyl (C=O) groups excluding carboxylic acids is 1. The molecule has 2 amide bonds. The van der Waals surface area contributed by atoms with Crippen LogP contribution in [-0.4, -0.2) is 23.7 Å². The number of urea groups is 1. The Bertz CT molecular complexity index is 417. The largest absolute Gasteiger partial charge is 0.481 e. The van der Waals surface area contributed by atoms with Crippen LogP contribution >= 0.6 is 0 Å². The summed E-state index contributed by atoms with van der Waals surface area (Å²) in [7, 11) is 0. The maximum Gasteiger partial charge on any atom is 0.319 e. The minimum Gasteiger partial charge on any atom is -0.481 e. The van der Waals surface area contributed by atoms with Crippen molar-refractivity contribution in [1.29, 1.82) is 0 Å². The molecule has 0 heterocycles. The zero-order chi connectivity index (χ0) is 12.8. The highest BCUT2D eigenvalue weighted by Crippen LogP contribution is 2.17. The maximum absolute atomic E-state index is 13.1. The highest BCUT2D eigenvalue weighted by molar-refractivity contribution is 5.89. The third-order valence-electron chi connectivity index (χ3n) is 1.83. The van der Waals surface area contributed by atoms with Gasteiger partial charge in [0.1, 0.15) is 17.3 Å². The van der Waals surface area contributed by atoms with Gasteiger partial charge in [-0.05, 0) is 12.1 Å². The van der Waals surface area contributed by atoms with E-state index in [4.69, 9.17) is 5.11 Å². The Labute approximate surface area is 95.4 Å². The lowest BCUT2D eigenvalue weighted by atomic mass is 10.3. The lowest BCUT2D eigenvalue weighted by Crippen LogP contribution is -2.31. The minimum atomic E-state index is -1.08. The Hall–Kier alpha value is -2.18. The van der Waals surface area contributed by atoms with Crippen LogP contribution in [0.3, 0.4) is 0 Å². The van der Waals surface area contributed by atoms with Crippen molar-refractivity contribution in [2.24, 2.45) is 0 Å². The first-order chi connectivity index (χ1) is 8.00. The Morgan fingerprint density at radius 1 is 1.24 bits per heavy atom. The van der Waals surface area contributed by atoms with Crippen LogP contribution in [0.1, 0.15) is 6.42 Å². The number of carboxylic acid groups (broad SMARTS) is 1. The zero-order valence-corrected chi connectivity index (χ0v) is 8.67. The Morgan fingerprint density at radius 2 is 1.82 bits per heavy atom. The second kappa shape index (κ2) is 5.78. The molecule has 0 aliphatic carbocycles. The molecule has 1 aromatic carbocycles. The highest BCUT2D eigenvalue weighted by atomic mass is 19.1. The molecule has 0 saturated carbocycles. The number of rotatable bonds is 4. The van der Waals surface area contributed by atoms with Gasteiger partial charge < -0.3 is 15.7 Å². The molecule has 0 spiro atoms. The van der Waals surface area contributed by atoms with Crippen molar-refractivity contribution in [3.8, 4) is 0 Å². The lowest BCUT2D eigenvalue weighted by Gasteiger charge is -2.08. The van der Waals surface area contributed by atoms with E-state index in [9.17, 15) is 18.4 Å². The van der Waals surface area contributed by atoms with Gasteiger partial charge in [0, 0.05) is 6.54 Å². The Balaban J connectivity index is 2.53. The first-order valence-electron chi connectivity index (χ1n) is 4.71. The molecule has 0 aromatic heterocycles. The van der Waals surface area contributed by atoms with Gasteiger partial charge in [0.15, 0.2) is 0 Å². The van der Waals surface area contributed by atoms with Crippen LogP contribution in [-0.2, 0) is 4.79 Å². The SMILES string of the molecule is O=C(O)CCNC(=O)Nc1c(F)cccc1F. The summed E-state index contributed by atoms with van der Waals surface area (Å²) < 4.78 is 26.2. The summed E-state index contributed by atoms with van der Waals surface area (Å²) in [6.07, 6.45) is -0.271. The second-order valence-corrected chi connectivity index (χ2v) is 3.12. The molecule has 17 heavy (non-hydrogen) atoms. The smallest absolute Gasteiger partial charge is 0.319 e. The number of hydrogen-bond acceptors (Lipinski definition) is 2. The van der Waals surface area contributed by atoms with E-state index in [1.54, 1.807) is 0 Å².